The molecule has 0 aliphatic heterocycles. The lowest BCUT2D eigenvalue weighted by molar-refractivity contribution is 0.0620. The maximum Gasteiger partial charge on any atom is 0.0871 e. The van der Waals surface area contributed by atoms with Crippen LogP contribution in [0.15, 0.2) is 6.20 Å². The molecule has 0 amide bonds. The van der Waals surface area contributed by atoms with Crippen LogP contribution in [0.3, 0.4) is 0 Å². The molecule has 0 bridgehead atoms. The molecule has 3 heteroatoms. The number of aromatic nitrogens is 2. The van der Waals surface area contributed by atoms with Crippen LogP contribution in [-0.4, -0.2) is 14.9 Å². The SMILES string of the molecule is Cc1c(C(O)C(C)(C)C)cnn1C. The van der Waals surface area contributed by atoms with Crippen molar-refractivity contribution in [2.24, 2.45) is 12.5 Å². The topological polar surface area (TPSA) is 38.1 Å². The first-order valence-electron chi connectivity index (χ1n) is 4.50. The molecule has 1 rings (SSSR count). The minimum Gasteiger partial charge on any atom is -0.388 e. The molecule has 1 heterocycles. The van der Waals surface area contributed by atoms with Gasteiger partial charge in [-0.25, -0.2) is 0 Å². The minimum atomic E-state index is -0.443. The van der Waals surface area contributed by atoms with Crippen molar-refractivity contribution in [3.63, 3.8) is 0 Å². The van der Waals surface area contributed by atoms with Crippen LogP contribution in [0, 0.1) is 12.3 Å². The first-order valence-corrected chi connectivity index (χ1v) is 4.50. The normalized spacial score (nSPS) is 14.6. The van der Waals surface area contributed by atoms with Gasteiger partial charge in [0.2, 0.25) is 0 Å². The number of aliphatic hydroxyl groups excluding tert-OH is 1. The second-order valence-electron chi connectivity index (χ2n) is 4.58. The van der Waals surface area contributed by atoms with Crippen molar-refractivity contribution in [3.05, 3.63) is 17.5 Å². The van der Waals surface area contributed by atoms with Gasteiger partial charge in [-0.3, -0.25) is 4.68 Å². The van der Waals surface area contributed by atoms with Gasteiger partial charge in [-0.2, -0.15) is 5.10 Å². The molecule has 1 aromatic heterocycles. The number of aryl methyl sites for hydroxylation is 1. The van der Waals surface area contributed by atoms with Crippen LogP contribution in [0.1, 0.15) is 38.1 Å². The molecule has 1 N–H and O–H groups in total. The van der Waals surface area contributed by atoms with Crippen molar-refractivity contribution >= 4 is 0 Å². The Balaban J connectivity index is 3.02. The third-order valence-electron chi connectivity index (χ3n) is 2.39. The third-order valence-corrected chi connectivity index (χ3v) is 2.39. The molecule has 0 aromatic carbocycles. The standard InChI is InChI=1S/C10H18N2O/c1-7-8(6-11-12(7)5)9(13)10(2,3)4/h6,9,13H,1-5H3. The summed E-state index contributed by atoms with van der Waals surface area (Å²) in [7, 11) is 1.88. The molecule has 0 aliphatic rings. The smallest absolute Gasteiger partial charge is 0.0871 e. The molecular formula is C10H18N2O. The molecule has 13 heavy (non-hydrogen) atoms. The van der Waals surface area contributed by atoms with Gasteiger partial charge in [0.15, 0.2) is 0 Å². The average molecular weight is 182 g/mol. The summed E-state index contributed by atoms with van der Waals surface area (Å²) >= 11 is 0. The third kappa shape index (κ3) is 1.91. The Morgan fingerprint density at radius 3 is 2.31 bits per heavy atom. The molecule has 74 valence electrons. The van der Waals surface area contributed by atoms with E-state index >= 15 is 0 Å². The number of rotatable bonds is 1. The van der Waals surface area contributed by atoms with E-state index in [1.165, 1.54) is 0 Å². The van der Waals surface area contributed by atoms with Crippen LogP contribution >= 0.6 is 0 Å². The Kier molecular flexibility index (Phi) is 2.48. The highest BCUT2D eigenvalue weighted by Crippen LogP contribution is 2.33. The van der Waals surface area contributed by atoms with Gasteiger partial charge in [-0.1, -0.05) is 20.8 Å². The molecule has 0 spiro atoms. The largest absolute Gasteiger partial charge is 0.388 e. The molecule has 0 fully saturated rings. The Morgan fingerprint density at radius 2 is 2.00 bits per heavy atom. The van der Waals surface area contributed by atoms with E-state index in [9.17, 15) is 5.11 Å². The van der Waals surface area contributed by atoms with Crippen LogP contribution in [0.2, 0.25) is 0 Å². The summed E-state index contributed by atoms with van der Waals surface area (Å²) in [4.78, 5) is 0. The van der Waals surface area contributed by atoms with Gasteiger partial charge >= 0.3 is 0 Å². The molecule has 0 aliphatic carbocycles. The fourth-order valence-corrected chi connectivity index (χ4v) is 1.25. The van der Waals surface area contributed by atoms with Crippen molar-refractivity contribution < 1.29 is 5.11 Å². The maximum atomic E-state index is 10.00. The second kappa shape index (κ2) is 3.14. The summed E-state index contributed by atoms with van der Waals surface area (Å²) in [6, 6.07) is 0. The average Bonchev–Trinajstić information content (AvgIpc) is 2.30. The molecule has 1 atom stereocenters. The van der Waals surface area contributed by atoms with Crippen molar-refractivity contribution in [2.45, 2.75) is 33.8 Å². The fraction of sp³-hybridized carbons (Fsp3) is 0.700. The van der Waals surface area contributed by atoms with E-state index in [2.05, 4.69) is 5.10 Å². The number of aliphatic hydroxyl groups is 1. The molecule has 0 radical (unpaired) electrons. The molecule has 0 saturated heterocycles. The highest BCUT2D eigenvalue weighted by molar-refractivity contribution is 5.20. The van der Waals surface area contributed by atoms with Crippen molar-refractivity contribution in [3.8, 4) is 0 Å². The van der Waals surface area contributed by atoms with Crippen LogP contribution in [0.5, 0.6) is 0 Å². The summed E-state index contributed by atoms with van der Waals surface area (Å²) in [6.45, 7) is 8.02. The highest BCUT2D eigenvalue weighted by Gasteiger charge is 2.26. The zero-order chi connectivity index (χ0) is 10.2. The van der Waals surface area contributed by atoms with E-state index in [-0.39, 0.29) is 5.41 Å². The molecule has 3 nitrogen and oxygen atoms in total. The van der Waals surface area contributed by atoms with Gasteiger partial charge in [0, 0.05) is 18.3 Å². The summed E-state index contributed by atoms with van der Waals surface area (Å²) in [6.07, 6.45) is 1.30. The molecule has 0 saturated carbocycles. The Hall–Kier alpha value is -0.830. The Labute approximate surface area is 79.4 Å². The van der Waals surface area contributed by atoms with Crippen LogP contribution < -0.4 is 0 Å². The molecular weight excluding hydrogens is 164 g/mol. The summed E-state index contributed by atoms with van der Waals surface area (Å²) in [5.74, 6) is 0. The van der Waals surface area contributed by atoms with E-state index in [0.29, 0.717) is 0 Å². The van der Waals surface area contributed by atoms with Gasteiger partial charge in [0.05, 0.1) is 12.3 Å². The van der Waals surface area contributed by atoms with Gasteiger partial charge in [0.25, 0.3) is 0 Å². The maximum absolute atomic E-state index is 10.00. The predicted octanol–water partition coefficient (Wildman–Crippen LogP) is 1.81. The minimum absolute atomic E-state index is 0.131. The van der Waals surface area contributed by atoms with E-state index in [4.69, 9.17) is 0 Å². The van der Waals surface area contributed by atoms with E-state index in [1.807, 2.05) is 34.7 Å². The highest BCUT2D eigenvalue weighted by atomic mass is 16.3. The zero-order valence-electron chi connectivity index (χ0n) is 9.00. The van der Waals surface area contributed by atoms with Crippen LogP contribution in [0.4, 0.5) is 0 Å². The van der Waals surface area contributed by atoms with Crippen molar-refractivity contribution in [1.82, 2.24) is 9.78 Å². The number of hydrogen-bond acceptors (Lipinski definition) is 2. The summed E-state index contributed by atoms with van der Waals surface area (Å²) < 4.78 is 1.78. The zero-order valence-corrected chi connectivity index (χ0v) is 9.00. The monoisotopic (exact) mass is 182 g/mol. The van der Waals surface area contributed by atoms with Gasteiger partial charge in [-0.15, -0.1) is 0 Å². The van der Waals surface area contributed by atoms with Crippen LogP contribution in [0.25, 0.3) is 0 Å². The van der Waals surface area contributed by atoms with Crippen LogP contribution in [-0.2, 0) is 7.05 Å². The van der Waals surface area contributed by atoms with E-state index < -0.39 is 6.10 Å². The van der Waals surface area contributed by atoms with Crippen molar-refractivity contribution in [1.29, 1.82) is 0 Å². The number of nitrogens with zero attached hydrogens (tertiary/aromatic N) is 2. The Morgan fingerprint density at radius 1 is 1.46 bits per heavy atom. The first kappa shape index (κ1) is 10.3. The van der Waals surface area contributed by atoms with E-state index in [1.54, 1.807) is 10.9 Å². The van der Waals surface area contributed by atoms with Crippen molar-refractivity contribution in [2.75, 3.05) is 0 Å². The second-order valence-corrected chi connectivity index (χ2v) is 4.58. The fourth-order valence-electron chi connectivity index (χ4n) is 1.25. The lowest BCUT2D eigenvalue weighted by Crippen LogP contribution is -2.18. The van der Waals surface area contributed by atoms with Gasteiger partial charge in [0.1, 0.15) is 0 Å². The van der Waals surface area contributed by atoms with Gasteiger partial charge < -0.3 is 5.11 Å². The first-order chi connectivity index (χ1) is 5.84. The molecule has 1 aromatic rings. The van der Waals surface area contributed by atoms with Gasteiger partial charge in [-0.05, 0) is 12.3 Å². The lowest BCUT2D eigenvalue weighted by Gasteiger charge is -2.25. The lowest BCUT2D eigenvalue weighted by atomic mass is 9.85. The predicted molar refractivity (Wildman–Crippen MR) is 52.4 cm³/mol. The number of hydrogen-bond donors (Lipinski definition) is 1. The quantitative estimate of drug-likeness (QED) is 0.719. The summed E-state index contributed by atoms with van der Waals surface area (Å²) in [5.41, 5.74) is 1.82. The summed E-state index contributed by atoms with van der Waals surface area (Å²) in [5, 5.41) is 14.1. The molecule has 1 unspecified atom stereocenters. The Bertz CT molecular complexity index is 296. The van der Waals surface area contributed by atoms with E-state index in [0.717, 1.165) is 11.3 Å².